The van der Waals surface area contributed by atoms with Crippen molar-refractivity contribution >= 4 is 5.96 Å². The maximum absolute atomic E-state index is 5.25. The van der Waals surface area contributed by atoms with E-state index in [-0.39, 0.29) is 0 Å². The van der Waals surface area contributed by atoms with Crippen molar-refractivity contribution in [3.8, 4) is 0 Å². The molecule has 0 saturated carbocycles. The van der Waals surface area contributed by atoms with Crippen LogP contribution in [0.25, 0.3) is 0 Å². The number of rotatable bonds is 8. The Hall–Kier alpha value is -0.810. The predicted molar refractivity (Wildman–Crippen MR) is 89.9 cm³/mol. The summed E-state index contributed by atoms with van der Waals surface area (Å²) in [6.45, 7) is 9.65. The molecule has 124 valence electrons. The molecule has 0 aromatic rings. The molecule has 1 N–H and O–H groups in total. The molecule has 0 spiro atoms. The molecule has 0 amide bonds. The maximum Gasteiger partial charge on any atom is 0.193 e. The summed E-state index contributed by atoms with van der Waals surface area (Å²) in [5, 5.41) is 3.49. The molecule has 0 aromatic carbocycles. The number of hydrogen-bond acceptors (Lipinski definition) is 3. The number of unbranched alkanes of at least 4 members (excludes halogenated alkanes) is 1. The van der Waals surface area contributed by atoms with Gasteiger partial charge in [-0.15, -0.1) is 0 Å². The van der Waals surface area contributed by atoms with Gasteiger partial charge in [-0.25, -0.2) is 0 Å². The van der Waals surface area contributed by atoms with Gasteiger partial charge in [-0.3, -0.25) is 4.99 Å². The highest BCUT2D eigenvalue weighted by atomic mass is 16.5. The second-order valence-electron chi connectivity index (χ2n) is 6.31. The van der Waals surface area contributed by atoms with Crippen molar-refractivity contribution in [1.82, 2.24) is 15.1 Å². The first kappa shape index (κ1) is 18.2. The molecule has 1 heterocycles. The van der Waals surface area contributed by atoms with Crippen LogP contribution in [0.3, 0.4) is 0 Å². The van der Waals surface area contributed by atoms with Crippen LogP contribution in [-0.4, -0.2) is 75.8 Å². The maximum atomic E-state index is 5.25. The van der Waals surface area contributed by atoms with Gasteiger partial charge in [0.25, 0.3) is 0 Å². The zero-order valence-corrected chi connectivity index (χ0v) is 14.6. The molecule has 5 heteroatoms. The number of hydrogen-bond donors (Lipinski definition) is 1. The van der Waals surface area contributed by atoms with Crippen LogP contribution in [-0.2, 0) is 4.74 Å². The summed E-state index contributed by atoms with van der Waals surface area (Å²) in [5.74, 6) is 1.69. The minimum Gasteiger partial charge on any atom is -0.384 e. The molecular weight excluding hydrogens is 264 g/mol. The molecule has 1 saturated heterocycles. The Balaban J connectivity index is 2.18. The molecule has 5 nitrogen and oxygen atoms in total. The normalized spacial score (nSPS) is 19.9. The van der Waals surface area contributed by atoms with Gasteiger partial charge in [-0.2, -0.15) is 0 Å². The zero-order chi connectivity index (χ0) is 15.7. The zero-order valence-electron chi connectivity index (χ0n) is 14.6. The Morgan fingerprint density at radius 1 is 1.43 bits per heavy atom. The van der Waals surface area contributed by atoms with Gasteiger partial charge >= 0.3 is 0 Å². The summed E-state index contributed by atoms with van der Waals surface area (Å²) in [5.41, 5.74) is 0. The largest absolute Gasteiger partial charge is 0.384 e. The Labute approximate surface area is 130 Å². The lowest BCUT2D eigenvalue weighted by Gasteiger charge is -2.23. The van der Waals surface area contributed by atoms with E-state index < -0.39 is 0 Å². The number of aliphatic imine (C=N–C) groups is 1. The first-order valence-electron chi connectivity index (χ1n) is 8.23. The van der Waals surface area contributed by atoms with Crippen molar-refractivity contribution in [2.45, 2.75) is 39.2 Å². The number of methoxy groups -OCH3 is 1. The van der Waals surface area contributed by atoms with Gasteiger partial charge in [0, 0.05) is 45.8 Å². The monoisotopic (exact) mass is 298 g/mol. The summed E-state index contributed by atoms with van der Waals surface area (Å²) in [7, 11) is 5.85. The van der Waals surface area contributed by atoms with Crippen molar-refractivity contribution in [2.75, 3.05) is 54.0 Å². The highest BCUT2D eigenvalue weighted by Crippen LogP contribution is 2.16. The van der Waals surface area contributed by atoms with E-state index >= 15 is 0 Å². The van der Waals surface area contributed by atoms with E-state index in [1.54, 1.807) is 7.11 Å². The topological polar surface area (TPSA) is 40.1 Å². The van der Waals surface area contributed by atoms with E-state index in [0.717, 1.165) is 38.7 Å². The first-order valence-corrected chi connectivity index (χ1v) is 8.23. The first-order chi connectivity index (χ1) is 10.1. The molecule has 0 aliphatic carbocycles. The Bertz CT molecular complexity index is 307. The average Bonchev–Trinajstić information content (AvgIpc) is 2.91. The lowest BCUT2D eigenvalue weighted by Crippen LogP contribution is -2.40. The lowest BCUT2D eigenvalue weighted by molar-refractivity contribution is 0.157. The molecule has 1 unspecified atom stereocenters. The fourth-order valence-corrected chi connectivity index (χ4v) is 2.67. The number of nitrogens with zero attached hydrogens (tertiary/aromatic N) is 3. The molecule has 1 aliphatic rings. The second-order valence-corrected chi connectivity index (χ2v) is 6.31. The van der Waals surface area contributed by atoms with Crippen molar-refractivity contribution in [1.29, 1.82) is 0 Å². The average molecular weight is 298 g/mol. The van der Waals surface area contributed by atoms with Crippen molar-refractivity contribution in [2.24, 2.45) is 10.9 Å². The lowest BCUT2D eigenvalue weighted by atomic mass is 10.1. The van der Waals surface area contributed by atoms with Gasteiger partial charge in [0.05, 0.1) is 6.61 Å². The standard InChI is InChI=1S/C16H34N4O/c1-14(2)19(4)10-7-6-9-18-16(17-3)20-11-8-15(12-20)13-21-5/h14-15H,6-13H2,1-5H3,(H,17,18). The molecule has 0 aromatic heterocycles. The van der Waals surface area contributed by atoms with Crippen LogP contribution in [0.15, 0.2) is 4.99 Å². The van der Waals surface area contributed by atoms with E-state index in [2.05, 4.69) is 41.0 Å². The summed E-state index contributed by atoms with van der Waals surface area (Å²) < 4.78 is 5.25. The smallest absolute Gasteiger partial charge is 0.193 e. The molecule has 1 aliphatic heterocycles. The number of nitrogens with one attached hydrogen (secondary N) is 1. The SMILES string of the molecule is CN=C(NCCCCN(C)C(C)C)N1CCC(COC)C1. The number of ether oxygens (including phenoxy) is 1. The Kier molecular flexibility index (Phi) is 8.69. The van der Waals surface area contributed by atoms with Gasteiger partial charge < -0.3 is 19.9 Å². The summed E-state index contributed by atoms with van der Waals surface area (Å²) in [4.78, 5) is 9.15. The van der Waals surface area contributed by atoms with Gasteiger partial charge in [-0.05, 0) is 46.7 Å². The molecule has 1 fully saturated rings. The fourth-order valence-electron chi connectivity index (χ4n) is 2.67. The van der Waals surface area contributed by atoms with Crippen LogP contribution in [0, 0.1) is 5.92 Å². The second kappa shape index (κ2) is 10.0. The van der Waals surface area contributed by atoms with Gasteiger partial charge in [0.2, 0.25) is 0 Å². The van der Waals surface area contributed by atoms with Crippen LogP contribution < -0.4 is 5.32 Å². The third-order valence-corrected chi connectivity index (χ3v) is 4.30. The van der Waals surface area contributed by atoms with Gasteiger partial charge in [-0.1, -0.05) is 0 Å². The minimum atomic E-state index is 0.632. The molecular formula is C16H34N4O. The molecule has 0 radical (unpaired) electrons. The van der Waals surface area contributed by atoms with Crippen LogP contribution >= 0.6 is 0 Å². The van der Waals surface area contributed by atoms with Crippen molar-refractivity contribution in [3.63, 3.8) is 0 Å². The van der Waals surface area contributed by atoms with Gasteiger partial charge in [0.1, 0.15) is 0 Å². The third-order valence-electron chi connectivity index (χ3n) is 4.30. The highest BCUT2D eigenvalue weighted by molar-refractivity contribution is 5.80. The van der Waals surface area contributed by atoms with Crippen molar-refractivity contribution < 1.29 is 4.74 Å². The third kappa shape index (κ3) is 6.66. The fraction of sp³-hybridized carbons (Fsp3) is 0.938. The van der Waals surface area contributed by atoms with Crippen LogP contribution in [0.2, 0.25) is 0 Å². The summed E-state index contributed by atoms with van der Waals surface area (Å²) in [6.07, 6.45) is 3.62. The van der Waals surface area contributed by atoms with E-state index in [4.69, 9.17) is 4.74 Å². The predicted octanol–water partition coefficient (Wildman–Crippen LogP) is 1.65. The molecule has 21 heavy (non-hydrogen) atoms. The van der Waals surface area contributed by atoms with Crippen molar-refractivity contribution in [3.05, 3.63) is 0 Å². The van der Waals surface area contributed by atoms with Gasteiger partial charge in [0.15, 0.2) is 5.96 Å². The molecule has 1 rings (SSSR count). The van der Waals surface area contributed by atoms with E-state index in [9.17, 15) is 0 Å². The van der Waals surface area contributed by atoms with Crippen LogP contribution in [0.4, 0.5) is 0 Å². The number of likely N-dealkylation sites (tertiary alicyclic amines) is 1. The van der Waals surface area contributed by atoms with E-state index in [1.807, 2.05) is 7.05 Å². The Morgan fingerprint density at radius 2 is 2.19 bits per heavy atom. The van der Waals surface area contributed by atoms with E-state index in [1.165, 1.54) is 19.3 Å². The van der Waals surface area contributed by atoms with Crippen LogP contribution in [0.1, 0.15) is 33.1 Å². The molecule has 0 bridgehead atoms. The van der Waals surface area contributed by atoms with E-state index in [0.29, 0.717) is 12.0 Å². The van der Waals surface area contributed by atoms with Crippen LogP contribution in [0.5, 0.6) is 0 Å². The minimum absolute atomic E-state index is 0.632. The molecule has 1 atom stereocenters. The number of guanidine groups is 1. The summed E-state index contributed by atoms with van der Waals surface area (Å²) in [6, 6.07) is 0.632. The Morgan fingerprint density at radius 3 is 2.81 bits per heavy atom. The quantitative estimate of drug-likeness (QED) is 0.420. The highest BCUT2D eigenvalue weighted by Gasteiger charge is 2.24. The summed E-state index contributed by atoms with van der Waals surface area (Å²) >= 11 is 0.